The number of likely N-dealkylation sites (tertiary alicyclic amines) is 1. The van der Waals surface area contributed by atoms with Crippen molar-refractivity contribution in [2.24, 2.45) is 0 Å². The molecule has 2 saturated heterocycles. The second-order valence-corrected chi connectivity index (χ2v) is 7.86. The number of hydrogen-bond acceptors (Lipinski definition) is 7. The number of anilines is 1. The highest BCUT2D eigenvalue weighted by Crippen LogP contribution is 2.20. The van der Waals surface area contributed by atoms with Crippen LogP contribution in [0.1, 0.15) is 51.9 Å². The molecule has 1 aromatic heterocycles. The molecule has 8 heteroatoms. The molecule has 0 N–H and O–H groups in total. The van der Waals surface area contributed by atoms with Crippen LogP contribution < -0.4 is 4.90 Å². The van der Waals surface area contributed by atoms with E-state index >= 15 is 0 Å². The Morgan fingerprint density at radius 2 is 1.83 bits per heavy atom. The van der Waals surface area contributed by atoms with Gasteiger partial charge in [0.15, 0.2) is 6.23 Å². The Kier molecular flexibility index (Phi) is 8.19. The highest BCUT2D eigenvalue weighted by atomic mass is 16.6. The number of aromatic nitrogens is 1. The Balaban J connectivity index is 1.52. The van der Waals surface area contributed by atoms with Crippen LogP contribution in [-0.4, -0.2) is 71.5 Å². The second-order valence-electron chi connectivity index (χ2n) is 7.86. The van der Waals surface area contributed by atoms with Crippen LogP contribution in [-0.2, 0) is 19.1 Å². The van der Waals surface area contributed by atoms with E-state index in [2.05, 4.69) is 21.7 Å². The lowest BCUT2D eigenvalue weighted by Crippen LogP contribution is -2.49. The summed E-state index contributed by atoms with van der Waals surface area (Å²) in [5.41, 5.74) is 0. The molecular formula is C22H32N4O4. The van der Waals surface area contributed by atoms with E-state index in [0.717, 1.165) is 51.3 Å². The molecule has 3 rings (SSSR count). The van der Waals surface area contributed by atoms with Crippen molar-refractivity contribution in [2.75, 3.05) is 37.6 Å². The van der Waals surface area contributed by atoms with E-state index in [1.807, 2.05) is 18.2 Å². The molecule has 0 aliphatic carbocycles. The first kappa shape index (κ1) is 22.2. The quantitative estimate of drug-likeness (QED) is 0.328. The standard InChI is InChI=1S/C22H32N4O4/c1-2-3-4-8-22(29)30-21(26-19(27)9-10-20(26)28)11-13-24-14-16-25(17-15-24)18-7-5-6-12-23-18/h5-7,12,21H,2-4,8-11,13-17H2,1H3. The zero-order valence-corrected chi connectivity index (χ0v) is 17.8. The summed E-state index contributed by atoms with van der Waals surface area (Å²) < 4.78 is 5.60. The average Bonchev–Trinajstić information content (AvgIpc) is 3.10. The lowest BCUT2D eigenvalue weighted by molar-refractivity contribution is -0.168. The minimum absolute atomic E-state index is 0.200. The minimum atomic E-state index is -0.796. The Labute approximate surface area is 178 Å². The number of nitrogens with zero attached hydrogens (tertiary/aromatic N) is 4. The summed E-state index contributed by atoms with van der Waals surface area (Å²) >= 11 is 0. The number of ether oxygens (including phenoxy) is 1. The molecule has 2 amide bonds. The zero-order chi connectivity index (χ0) is 21.3. The third kappa shape index (κ3) is 6.01. The number of carbonyl (C=O) groups is 3. The van der Waals surface area contributed by atoms with E-state index in [9.17, 15) is 14.4 Å². The highest BCUT2D eigenvalue weighted by Gasteiger charge is 2.37. The Morgan fingerprint density at radius 1 is 1.10 bits per heavy atom. The first-order valence-corrected chi connectivity index (χ1v) is 11.0. The Hall–Kier alpha value is -2.48. The van der Waals surface area contributed by atoms with Crippen molar-refractivity contribution in [3.8, 4) is 0 Å². The van der Waals surface area contributed by atoms with Crippen molar-refractivity contribution in [2.45, 2.75) is 58.1 Å². The summed E-state index contributed by atoms with van der Waals surface area (Å²) in [4.78, 5) is 46.8. The number of esters is 1. The molecule has 164 valence electrons. The van der Waals surface area contributed by atoms with Gasteiger partial charge >= 0.3 is 5.97 Å². The van der Waals surface area contributed by atoms with Crippen molar-refractivity contribution in [3.63, 3.8) is 0 Å². The van der Waals surface area contributed by atoms with Crippen molar-refractivity contribution in [1.82, 2.24) is 14.8 Å². The van der Waals surface area contributed by atoms with E-state index < -0.39 is 6.23 Å². The highest BCUT2D eigenvalue weighted by molar-refractivity contribution is 6.02. The van der Waals surface area contributed by atoms with Gasteiger partial charge in [-0.1, -0.05) is 25.8 Å². The van der Waals surface area contributed by atoms with Crippen LogP contribution in [0.2, 0.25) is 0 Å². The molecule has 1 unspecified atom stereocenters. The number of hydrogen-bond donors (Lipinski definition) is 0. The van der Waals surface area contributed by atoms with Gasteiger partial charge in [0.1, 0.15) is 5.82 Å². The number of unbranched alkanes of at least 4 members (excludes halogenated alkanes) is 2. The molecule has 0 spiro atoms. The normalized spacial score (nSPS) is 18.7. The third-order valence-corrected chi connectivity index (χ3v) is 5.67. The summed E-state index contributed by atoms with van der Waals surface area (Å²) in [6.07, 6.45) is 4.91. The van der Waals surface area contributed by atoms with Gasteiger partial charge in [0.2, 0.25) is 11.8 Å². The summed E-state index contributed by atoms with van der Waals surface area (Å²) in [5.74, 6) is 0.155. The fourth-order valence-corrected chi connectivity index (χ4v) is 3.92. The maximum atomic E-state index is 12.3. The first-order chi connectivity index (χ1) is 14.6. The lowest BCUT2D eigenvalue weighted by atomic mass is 10.2. The molecule has 1 atom stereocenters. The molecule has 2 fully saturated rings. The predicted molar refractivity (Wildman–Crippen MR) is 113 cm³/mol. The maximum Gasteiger partial charge on any atom is 0.307 e. The van der Waals surface area contributed by atoms with Gasteiger partial charge in [-0.15, -0.1) is 0 Å². The molecule has 0 aromatic carbocycles. The van der Waals surface area contributed by atoms with Gasteiger partial charge in [-0.25, -0.2) is 9.88 Å². The largest absolute Gasteiger partial charge is 0.441 e. The number of pyridine rings is 1. The Bertz CT molecular complexity index is 703. The van der Waals surface area contributed by atoms with Crippen molar-refractivity contribution in [1.29, 1.82) is 0 Å². The number of amides is 2. The van der Waals surface area contributed by atoms with Gasteiger partial charge in [0, 0.05) is 64.6 Å². The van der Waals surface area contributed by atoms with Crippen LogP contribution in [0.5, 0.6) is 0 Å². The SMILES string of the molecule is CCCCCC(=O)OC(CCN1CCN(c2ccccn2)CC1)N1C(=O)CCC1=O. The van der Waals surface area contributed by atoms with Crippen LogP contribution in [0, 0.1) is 0 Å². The van der Waals surface area contributed by atoms with Crippen molar-refractivity contribution < 1.29 is 19.1 Å². The molecule has 1 aromatic rings. The first-order valence-electron chi connectivity index (χ1n) is 11.0. The molecular weight excluding hydrogens is 384 g/mol. The van der Waals surface area contributed by atoms with Gasteiger partial charge < -0.3 is 9.64 Å². The smallest absolute Gasteiger partial charge is 0.307 e. The molecule has 8 nitrogen and oxygen atoms in total. The van der Waals surface area contributed by atoms with E-state index in [0.29, 0.717) is 19.4 Å². The minimum Gasteiger partial charge on any atom is -0.441 e. The van der Waals surface area contributed by atoms with Crippen molar-refractivity contribution >= 4 is 23.6 Å². The van der Waals surface area contributed by atoms with Crippen LogP contribution in [0.4, 0.5) is 5.82 Å². The maximum absolute atomic E-state index is 12.3. The van der Waals surface area contributed by atoms with Crippen LogP contribution in [0.3, 0.4) is 0 Å². The number of piperazine rings is 1. The number of carbonyl (C=O) groups excluding carboxylic acids is 3. The predicted octanol–water partition coefficient (Wildman–Crippen LogP) is 2.19. The van der Waals surface area contributed by atoms with Gasteiger partial charge in [-0.2, -0.15) is 0 Å². The van der Waals surface area contributed by atoms with Gasteiger partial charge in [0.05, 0.1) is 0 Å². The molecule has 0 saturated carbocycles. The molecule has 0 bridgehead atoms. The summed E-state index contributed by atoms with van der Waals surface area (Å²) in [7, 11) is 0. The topological polar surface area (TPSA) is 83.1 Å². The summed E-state index contributed by atoms with van der Waals surface area (Å²) in [5, 5.41) is 0. The monoisotopic (exact) mass is 416 g/mol. The van der Waals surface area contributed by atoms with E-state index in [-0.39, 0.29) is 30.6 Å². The fraction of sp³-hybridized carbons (Fsp3) is 0.636. The van der Waals surface area contributed by atoms with Crippen LogP contribution in [0.15, 0.2) is 24.4 Å². The molecule has 2 aliphatic rings. The van der Waals surface area contributed by atoms with E-state index in [4.69, 9.17) is 4.74 Å². The van der Waals surface area contributed by atoms with Crippen molar-refractivity contribution in [3.05, 3.63) is 24.4 Å². The fourth-order valence-electron chi connectivity index (χ4n) is 3.92. The molecule has 0 radical (unpaired) electrons. The van der Waals surface area contributed by atoms with E-state index in [1.165, 1.54) is 4.90 Å². The molecule has 2 aliphatic heterocycles. The van der Waals surface area contributed by atoms with Gasteiger partial charge in [0.25, 0.3) is 0 Å². The molecule has 30 heavy (non-hydrogen) atoms. The van der Waals surface area contributed by atoms with Crippen LogP contribution >= 0.6 is 0 Å². The summed E-state index contributed by atoms with van der Waals surface area (Å²) in [6.45, 7) is 6.18. The van der Waals surface area contributed by atoms with Gasteiger partial charge in [-0.3, -0.25) is 19.3 Å². The number of rotatable bonds is 10. The van der Waals surface area contributed by atoms with E-state index in [1.54, 1.807) is 6.20 Å². The molecule has 3 heterocycles. The lowest BCUT2D eigenvalue weighted by Gasteiger charge is -2.36. The van der Waals surface area contributed by atoms with Crippen LogP contribution in [0.25, 0.3) is 0 Å². The second kappa shape index (κ2) is 11.1. The third-order valence-electron chi connectivity index (χ3n) is 5.67. The number of imide groups is 1. The summed E-state index contributed by atoms with van der Waals surface area (Å²) in [6, 6.07) is 5.90. The average molecular weight is 417 g/mol. The van der Waals surface area contributed by atoms with Gasteiger partial charge in [-0.05, 0) is 18.6 Å². The Morgan fingerprint density at radius 3 is 2.47 bits per heavy atom. The zero-order valence-electron chi connectivity index (χ0n) is 17.8.